The summed E-state index contributed by atoms with van der Waals surface area (Å²) >= 11 is 0. The largest absolute Gasteiger partial charge is 0.481 e. The molecule has 0 atom stereocenters. The van der Waals surface area contributed by atoms with Crippen LogP contribution in [0.15, 0.2) is 53.4 Å². The van der Waals surface area contributed by atoms with Gasteiger partial charge in [0.15, 0.2) is 0 Å². The number of carbonyl (C=O) groups is 1. The molecule has 0 radical (unpaired) electrons. The summed E-state index contributed by atoms with van der Waals surface area (Å²) in [4.78, 5) is 22.1. The first-order chi connectivity index (χ1) is 18.7. The van der Waals surface area contributed by atoms with E-state index >= 15 is 0 Å². The first-order valence-corrected chi connectivity index (χ1v) is 14.0. The van der Waals surface area contributed by atoms with E-state index in [0.29, 0.717) is 37.0 Å². The van der Waals surface area contributed by atoms with E-state index in [1.54, 1.807) is 29.2 Å². The Kier molecular flexibility index (Phi) is 7.45. The molecular weight excluding hydrogens is 522 g/mol. The van der Waals surface area contributed by atoms with Crippen LogP contribution in [-0.4, -0.2) is 75.8 Å². The van der Waals surface area contributed by atoms with Crippen molar-refractivity contribution >= 4 is 49.1 Å². The zero-order valence-corrected chi connectivity index (χ0v) is 22.9. The maximum atomic E-state index is 13.8. The molecule has 0 unspecified atom stereocenters. The Morgan fingerprint density at radius 1 is 1.03 bits per heavy atom. The van der Waals surface area contributed by atoms with Gasteiger partial charge in [-0.3, -0.25) is 14.6 Å². The summed E-state index contributed by atoms with van der Waals surface area (Å²) in [5.74, 6) is 0.497. The predicted molar refractivity (Wildman–Crippen MR) is 148 cm³/mol. The number of amides is 1. The number of methoxy groups -OCH3 is 2. The molecule has 11 nitrogen and oxygen atoms in total. The lowest BCUT2D eigenvalue weighted by atomic mass is 10.1. The Labute approximate surface area is 226 Å². The number of hydrogen-bond acceptors (Lipinski definition) is 8. The summed E-state index contributed by atoms with van der Waals surface area (Å²) in [6, 6.07) is 13.9. The van der Waals surface area contributed by atoms with Gasteiger partial charge in [-0.15, -0.1) is 0 Å². The average molecular weight is 554 g/mol. The minimum Gasteiger partial charge on any atom is -0.481 e. The smallest absolute Gasteiger partial charge is 0.241 e. The van der Waals surface area contributed by atoms with Gasteiger partial charge >= 0.3 is 0 Å². The molecule has 2 aromatic heterocycles. The van der Waals surface area contributed by atoms with Crippen molar-refractivity contribution in [3.63, 3.8) is 0 Å². The average Bonchev–Trinajstić information content (AvgIpc) is 3.23. The van der Waals surface area contributed by atoms with E-state index in [2.05, 4.69) is 9.88 Å². The highest BCUT2D eigenvalue weighted by Gasteiger charge is 2.25. The van der Waals surface area contributed by atoms with Crippen molar-refractivity contribution in [2.24, 2.45) is 12.2 Å². The topological polar surface area (TPSA) is 129 Å². The minimum atomic E-state index is -3.86. The van der Waals surface area contributed by atoms with Crippen LogP contribution >= 0.6 is 0 Å². The van der Waals surface area contributed by atoms with Gasteiger partial charge in [0.05, 0.1) is 43.5 Å². The standard InChI is InChI=1S/C27H31N5O6S/c1-30-22-7-5-19(39(28,34)35)17-21(22)20-6-4-18(16-24(20)30)32(23-8-9-25(36-2)29-27(23)37-3)26(33)10-11-31-12-14-38-15-13-31/h4-9,16-17H,10-15H2,1-3H3,(H2,28,34,35). The first kappa shape index (κ1) is 26.9. The third kappa shape index (κ3) is 5.28. The number of benzene rings is 2. The van der Waals surface area contributed by atoms with Gasteiger partial charge in [-0.05, 0) is 36.4 Å². The second-order valence-corrected chi connectivity index (χ2v) is 10.9. The molecule has 3 heterocycles. The number of primary sulfonamides is 1. The second kappa shape index (κ2) is 10.8. The van der Waals surface area contributed by atoms with E-state index in [4.69, 9.17) is 19.3 Å². The van der Waals surface area contributed by atoms with Crippen LogP contribution in [0, 0.1) is 0 Å². The number of morpholine rings is 1. The fourth-order valence-corrected chi connectivity index (χ4v) is 5.49. The van der Waals surface area contributed by atoms with Crippen LogP contribution in [0.1, 0.15) is 6.42 Å². The van der Waals surface area contributed by atoms with Crippen LogP contribution < -0.4 is 19.5 Å². The first-order valence-electron chi connectivity index (χ1n) is 12.5. The van der Waals surface area contributed by atoms with Crippen molar-refractivity contribution in [3.8, 4) is 11.8 Å². The third-order valence-corrected chi connectivity index (χ3v) is 7.91. The molecule has 0 saturated carbocycles. The van der Waals surface area contributed by atoms with Gasteiger partial charge in [-0.2, -0.15) is 4.98 Å². The van der Waals surface area contributed by atoms with Gasteiger partial charge in [0.2, 0.25) is 27.7 Å². The number of nitrogens with zero attached hydrogens (tertiary/aromatic N) is 4. The highest BCUT2D eigenvalue weighted by atomic mass is 32.2. The highest BCUT2D eigenvalue weighted by molar-refractivity contribution is 7.89. The molecule has 12 heteroatoms. The van der Waals surface area contributed by atoms with Gasteiger partial charge in [0, 0.05) is 55.5 Å². The van der Waals surface area contributed by atoms with Crippen molar-refractivity contribution in [2.45, 2.75) is 11.3 Å². The van der Waals surface area contributed by atoms with Crippen LogP contribution in [-0.2, 0) is 26.6 Å². The van der Waals surface area contributed by atoms with E-state index in [0.717, 1.165) is 34.9 Å². The van der Waals surface area contributed by atoms with Crippen molar-refractivity contribution in [1.82, 2.24) is 14.5 Å². The summed E-state index contributed by atoms with van der Waals surface area (Å²) in [5.41, 5.74) is 2.76. The van der Waals surface area contributed by atoms with E-state index in [1.165, 1.54) is 20.3 Å². The SMILES string of the molecule is COc1ccc(N(C(=O)CCN2CCOCC2)c2ccc3c4cc(S(N)(=O)=O)ccc4n(C)c3c2)c(OC)n1. The zero-order valence-electron chi connectivity index (χ0n) is 22.1. The van der Waals surface area contributed by atoms with E-state index in [-0.39, 0.29) is 23.1 Å². The number of nitrogens with two attached hydrogens (primary N) is 1. The van der Waals surface area contributed by atoms with E-state index in [1.807, 2.05) is 29.8 Å². The Balaban J connectivity index is 1.61. The maximum absolute atomic E-state index is 13.8. The Morgan fingerprint density at radius 2 is 1.79 bits per heavy atom. The fourth-order valence-electron chi connectivity index (χ4n) is 4.95. The number of ether oxygens (including phenoxy) is 3. The molecule has 206 valence electrons. The molecule has 1 fully saturated rings. The van der Waals surface area contributed by atoms with Crippen molar-refractivity contribution in [1.29, 1.82) is 0 Å². The normalized spacial score (nSPS) is 14.6. The molecule has 39 heavy (non-hydrogen) atoms. The predicted octanol–water partition coefficient (Wildman–Crippen LogP) is 2.78. The molecule has 1 aliphatic heterocycles. The van der Waals surface area contributed by atoms with Crippen LogP contribution in [0.25, 0.3) is 21.8 Å². The lowest BCUT2D eigenvalue weighted by Gasteiger charge is -2.28. The van der Waals surface area contributed by atoms with Crippen LogP contribution in [0.5, 0.6) is 11.8 Å². The summed E-state index contributed by atoms with van der Waals surface area (Å²) < 4.78 is 42.1. The zero-order chi connectivity index (χ0) is 27.7. The number of anilines is 2. The number of pyridine rings is 1. The molecule has 1 saturated heterocycles. The number of carbonyl (C=O) groups excluding carboxylic acids is 1. The Bertz CT molecular complexity index is 1650. The molecular formula is C27H31N5O6S. The van der Waals surface area contributed by atoms with Gasteiger partial charge in [-0.1, -0.05) is 6.07 Å². The molecule has 0 spiro atoms. The van der Waals surface area contributed by atoms with E-state index in [9.17, 15) is 13.2 Å². The van der Waals surface area contributed by atoms with Crippen LogP contribution in [0.4, 0.5) is 11.4 Å². The fraction of sp³-hybridized carbons (Fsp3) is 0.333. The third-order valence-electron chi connectivity index (χ3n) is 7.00. The van der Waals surface area contributed by atoms with Gasteiger partial charge in [0.1, 0.15) is 5.69 Å². The monoisotopic (exact) mass is 553 g/mol. The molecule has 1 amide bonds. The van der Waals surface area contributed by atoms with Crippen LogP contribution in [0.2, 0.25) is 0 Å². The quantitative estimate of drug-likeness (QED) is 0.353. The van der Waals surface area contributed by atoms with Crippen molar-refractivity contribution in [3.05, 3.63) is 48.5 Å². The number of sulfonamides is 1. The van der Waals surface area contributed by atoms with Gasteiger partial charge in [0.25, 0.3) is 0 Å². The molecule has 5 rings (SSSR count). The Hall–Kier alpha value is -3.71. The lowest BCUT2D eigenvalue weighted by Crippen LogP contribution is -2.39. The lowest BCUT2D eigenvalue weighted by molar-refractivity contribution is -0.118. The molecule has 2 N–H and O–H groups in total. The summed E-state index contributed by atoms with van der Waals surface area (Å²) in [5, 5.41) is 6.96. The minimum absolute atomic E-state index is 0.0422. The number of hydrogen-bond donors (Lipinski definition) is 1. The molecule has 1 aliphatic rings. The number of rotatable bonds is 8. The van der Waals surface area contributed by atoms with Crippen molar-refractivity contribution < 1.29 is 27.4 Å². The van der Waals surface area contributed by atoms with E-state index < -0.39 is 10.0 Å². The molecule has 0 bridgehead atoms. The maximum Gasteiger partial charge on any atom is 0.241 e. The summed E-state index contributed by atoms with van der Waals surface area (Å²) in [7, 11) is 1.05. The number of fused-ring (bicyclic) bond motifs is 3. The summed E-state index contributed by atoms with van der Waals surface area (Å²) in [6.07, 6.45) is 0.278. The van der Waals surface area contributed by atoms with Gasteiger partial charge in [-0.25, -0.2) is 13.6 Å². The van der Waals surface area contributed by atoms with Crippen LogP contribution in [0.3, 0.4) is 0 Å². The van der Waals surface area contributed by atoms with Crippen molar-refractivity contribution in [2.75, 3.05) is 52.0 Å². The second-order valence-electron chi connectivity index (χ2n) is 9.30. The molecule has 4 aromatic rings. The highest BCUT2D eigenvalue weighted by Crippen LogP contribution is 2.38. The Morgan fingerprint density at radius 3 is 2.49 bits per heavy atom. The number of aromatic nitrogens is 2. The summed E-state index contributed by atoms with van der Waals surface area (Å²) in [6.45, 7) is 3.46. The molecule has 0 aliphatic carbocycles. The molecule has 2 aromatic carbocycles. The van der Waals surface area contributed by atoms with Gasteiger partial charge < -0.3 is 18.8 Å². The number of aryl methyl sites for hydroxylation is 1.